The van der Waals surface area contributed by atoms with E-state index >= 15 is 0 Å². The van der Waals surface area contributed by atoms with Crippen LogP contribution >= 0.6 is 0 Å². The monoisotopic (exact) mass is 350 g/mol. The highest BCUT2D eigenvalue weighted by molar-refractivity contribution is 7.89. The van der Waals surface area contributed by atoms with E-state index in [-0.39, 0.29) is 10.9 Å². The van der Waals surface area contributed by atoms with Crippen molar-refractivity contribution >= 4 is 15.8 Å². The Morgan fingerprint density at radius 2 is 1.92 bits per heavy atom. The number of hydrogen-bond donors (Lipinski definition) is 1. The molecule has 2 heterocycles. The lowest BCUT2D eigenvalue weighted by atomic mass is 10.1. The van der Waals surface area contributed by atoms with Crippen molar-refractivity contribution in [1.29, 1.82) is 0 Å². The first-order chi connectivity index (χ1) is 11.5. The molecule has 0 radical (unpaired) electrons. The molecule has 0 spiro atoms. The van der Waals surface area contributed by atoms with Gasteiger partial charge in [0, 0.05) is 30.9 Å². The number of piperidine rings is 1. The quantitative estimate of drug-likeness (QED) is 0.915. The molecule has 6 nitrogen and oxygen atoms in total. The van der Waals surface area contributed by atoms with E-state index < -0.39 is 15.8 Å². The number of benzene rings is 1. The second-order valence-corrected chi connectivity index (χ2v) is 7.70. The van der Waals surface area contributed by atoms with Crippen LogP contribution in [-0.2, 0) is 10.0 Å². The molecule has 0 unspecified atom stereocenters. The summed E-state index contributed by atoms with van der Waals surface area (Å²) >= 11 is 0. The number of sulfonamides is 1. The van der Waals surface area contributed by atoms with Crippen molar-refractivity contribution in [2.45, 2.75) is 30.7 Å². The normalized spacial score (nSPS) is 16.9. The Morgan fingerprint density at radius 3 is 2.58 bits per heavy atom. The molecule has 1 aromatic heterocycles. The standard InChI is InChI=1S/C16H19FN4O2S/c1-12-10-16(19-11-18-12)20-13-6-8-21(9-7-13)24(22,23)15-5-3-2-4-14(15)17/h2-5,10-11,13H,6-9H2,1H3,(H,18,19,20). The van der Waals surface area contributed by atoms with Gasteiger partial charge in [-0.15, -0.1) is 0 Å². The van der Waals surface area contributed by atoms with Gasteiger partial charge >= 0.3 is 0 Å². The van der Waals surface area contributed by atoms with Gasteiger partial charge in [-0.2, -0.15) is 4.31 Å². The molecule has 8 heteroatoms. The lowest BCUT2D eigenvalue weighted by molar-refractivity contribution is 0.328. The molecular weight excluding hydrogens is 331 g/mol. The van der Waals surface area contributed by atoms with E-state index in [2.05, 4.69) is 15.3 Å². The van der Waals surface area contributed by atoms with Crippen molar-refractivity contribution in [3.8, 4) is 0 Å². The SMILES string of the molecule is Cc1cc(NC2CCN(S(=O)(=O)c3ccccc3F)CC2)ncn1. The Kier molecular flexibility index (Phi) is 4.77. The van der Waals surface area contributed by atoms with E-state index in [4.69, 9.17) is 0 Å². The van der Waals surface area contributed by atoms with Gasteiger partial charge in [-0.25, -0.2) is 22.8 Å². The molecular formula is C16H19FN4O2S. The molecule has 2 aromatic rings. The van der Waals surface area contributed by atoms with Gasteiger partial charge in [-0.3, -0.25) is 0 Å². The zero-order valence-corrected chi connectivity index (χ0v) is 14.1. The van der Waals surface area contributed by atoms with Crippen LogP contribution in [0, 0.1) is 12.7 Å². The van der Waals surface area contributed by atoms with Crippen LogP contribution in [0.3, 0.4) is 0 Å². The maximum Gasteiger partial charge on any atom is 0.245 e. The summed E-state index contributed by atoms with van der Waals surface area (Å²) in [6.45, 7) is 2.58. The second-order valence-electron chi connectivity index (χ2n) is 5.80. The van der Waals surface area contributed by atoms with E-state index in [9.17, 15) is 12.8 Å². The molecule has 1 aromatic carbocycles. The molecule has 0 bridgehead atoms. The van der Waals surface area contributed by atoms with Crippen LogP contribution < -0.4 is 5.32 Å². The third kappa shape index (κ3) is 3.54. The van der Waals surface area contributed by atoms with Gasteiger partial charge in [-0.05, 0) is 31.9 Å². The molecule has 0 atom stereocenters. The van der Waals surface area contributed by atoms with Gasteiger partial charge in [0.2, 0.25) is 10.0 Å². The lowest BCUT2D eigenvalue weighted by Crippen LogP contribution is -2.42. The minimum Gasteiger partial charge on any atom is -0.367 e. The van der Waals surface area contributed by atoms with Crippen LogP contribution in [0.15, 0.2) is 41.6 Å². The first-order valence-electron chi connectivity index (χ1n) is 7.76. The lowest BCUT2D eigenvalue weighted by Gasteiger charge is -2.31. The molecule has 0 saturated carbocycles. The predicted octanol–water partition coefficient (Wildman–Crippen LogP) is 2.19. The fourth-order valence-electron chi connectivity index (χ4n) is 2.78. The Hall–Kier alpha value is -2.06. The van der Waals surface area contributed by atoms with E-state index in [1.807, 2.05) is 13.0 Å². The third-order valence-corrected chi connectivity index (χ3v) is 6.00. The third-order valence-electron chi connectivity index (χ3n) is 4.06. The highest BCUT2D eigenvalue weighted by Gasteiger charge is 2.31. The average Bonchev–Trinajstić information content (AvgIpc) is 2.55. The summed E-state index contributed by atoms with van der Waals surface area (Å²) in [6, 6.07) is 7.46. The molecule has 1 fully saturated rings. The van der Waals surface area contributed by atoms with E-state index in [0.29, 0.717) is 25.9 Å². The maximum atomic E-state index is 13.8. The minimum atomic E-state index is -3.79. The zero-order valence-electron chi connectivity index (χ0n) is 13.3. The number of nitrogens with zero attached hydrogens (tertiary/aromatic N) is 3. The van der Waals surface area contributed by atoms with E-state index in [0.717, 1.165) is 11.5 Å². The van der Waals surface area contributed by atoms with Crippen LogP contribution in [0.25, 0.3) is 0 Å². The number of halogens is 1. The molecule has 1 saturated heterocycles. The van der Waals surface area contributed by atoms with Gasteiger partial charge < -0.3 is 5.32 Å². The summed E-state index contributed by atoms with van der Waals surface area (Å²) in [7, 11) is -3.79. The fraction of sp³-hybridized carbons (Fsp3) is 0.375. The summed E-state index contributed by atoms with van der Waals surface area (Å²) in [5.41, 5.74) is 0.868. The smallest absolute Gasteiger partial charge is 0.245 e. The first-order valence-corrected chi connectivity index (χ1v) is 9.21. The molecule has 1 aliphatic heterocycles. The topological polar surface area (TPSA) is 75.2 Å². The van der Waals surface area contributed by atoms with E-state index in [1.54, 1.807) is 0 Å². The number of aryl methyl sites for hydroxylation is 1. The molecule has 1 aliphatic rings. The number of aromatic nitrogens is 2. The van der Waals surface area contributed by atoms with Gasteiger partial charge in [0.25, 0.3) is 0 Å². The Balaban J connectivity index is 1.66. The Bertz CT molecular complexity index is 820. The number of anilines is 1. The van der Waals surface area contributed by atoms with Gasteiger partial charge in [0.15, 0.2) is 0 Å². The summed E-state index contributed by atoms with van der Waals surface area (Å²) in [6.07, 6.45) is 2.77. The molecule has 128 valence electrons. The van der Waals surface area contributed by atoms with Crippen molar-refractivity contribution < 1.29 is 12.8 Å². The summed E-state index contributed by atoms with van der Waals surface area (Å²) in [5, 5.41) is 3.30. The van der Waals surface area contributed by atoms with Crippen LogP contribution in [0.4, 0.5) is 10.2 Å². The maximum absolute atomic E-state index is 13.8. The van der Waals surface area contributed by atoms with Crippen molar-refractivity contribution in [3.63, 3.8) is 0 Å². The highest BCUT2D eigenvalue weighted by Crippen LogP contribution is 2.24. The Morgan fingerprint density at radius 1 is 1.21 bits per heavy atom. The van der Waals surface area contributed by atoms with Crippen molar-refractivity contribution in [1.82, 2.24) is 14.3 Å². The van der Waals surface area contributed by atoms with Gasteiger partial charge in [0.05, 0.1) is 0 Å². The van der Waals surface area contributed by atoms with Gasteiger partial charge in [-0.1, -0.05) is 12.1 Å². The van der Waals surface area contributed by atoms with Crippen LogP contribution in [-0.4, -0.2) is 41.8 Å². The van der Waals surface area contributed by atoms with Crippen LogP contribution in [0.5, 0.6) is 0 Å². The molecule has 1 N–H and O–H groups in total. The summed E-state index contributed by atoms with van der Waals surface area (Å²) in [4.78, 5) is 7.94. The van der Waals surface area contributed by atoms with Crippen LogP contribution in [0.1, 0.15) is 18.5 Å². The number of nitrogens with one attached hydrogen (secondary N) is 1. The highest BCUT2D eigenvalue weighted by atomic mass is 32.2. The summed E-state index contributed by atoms with van der Waals surface area (Å²) in [5.74, 6) is 0.0205. The molecule has 3 rings (SSSR count). The van der Waals surface area contributed by atoms with Gasteiger partial charge in [0.1, 0.15) is 22.9 Å². The van der Waals surface area contributed by atoms with E-state index in [1.165, 1.54) is 34.9 Å². The minimum absolute atomic E-state index is 0.131. The Labute approximate surface area is 140 Å². The molecule has 24 heavy (non-hydrogen) atoms. The van der Waals surface area contributed by atoms with Crippen LogP contribution in [0.2, 0.25) is 0 Å². The number of hydrogen-bond acceptors (Lipinski definition) is 5. The summed E-state index contributed by atoms with van der Waals surface area (Å²) < 4.78 is 40.3. The zero-order chi connectivity index (χ0) is 17.2. The largest absolute Gasteiger partial charge is 0.367 e. The van der Waals surface area contributed by atoms with Crippen molar-refractivity contribution in [3.05, 3.63) is 48.2 Å². The first kappa shape index (κ1) is 16.8. The van der Waals surface area contributed by atoms with Crippen molar-refractivity contribution in [2.75, 3.05) is 18.4 Å². The second kappa shape index (κ2) is 6.82. The number of rotatable bonds is 4. The molecule has 0 aliphatic carbocycles. The average molecular weight is 350 g/mol. The molecule has 0 amide bonds. The predicted molar refractivity (Wildman–Crippen MR) is 88.6 cm³/mol. The fourth-order valence-corrected chi connectivity index (χ4v) is 4.31. The van der Waals surface area contributed by atoms with Crippen molar-refractivity contribution in [2.24, 2.45) is 0 Å².